The summed E-state index contributed by atoms with van der Waals surface area (Å²) in [6.45, 7) is 0.399. The van der Waals surface area contributed by atoms with Crippen molar-refractivity contribution in [1.29, 1.82) is 0 Å². The molecule has 0 aliphatic heterocycles. The van der Waals surface area contributed by atoms with Crippen molar-refractivity contribution in [3.8, 4) is 11.4 Å². The van der Waals surface area contributed by atoms with E-state index in [1.807, 2.05) is 24.3 Å². The lowest BCUT2D eigenvalue weighted by atomic mass is 10.2. The molecule has 0 saturated heterocycles. The molecule has 0 bridgehead atoms. The van der Waals surface area contributed by atoms with Crippen LogP contribution < -0.4 is 5.73 Å². The summed E-state index contributed by atoms with van der Waals surface area (Å²) < 4.78 is 1.67. The number of aromatic nitrogens is 4. The first-order chi connectivity index (χ1) is 8.29. The van der Waals surface area contributed by atoms with E-state index in [2.05, 4.69) is 15.3 Å². The summed E-state index contributed by atoms with van der Waals surface area (Å²) in [6.07, 6.45) is 0. The molecule has 0 fully saturated rings. The Morgan fingerprint density at radius 2 is 2.12 bits per heavy atom. The van der Waals surface area contributed by atoms with Gasteiger partial charge in [0.15, 0.2) is 5.82 Å². The summed E-state index contributed by atoms with van der Waals surface area (Å²) >= 11 is 7.56. The van der Waals surface area contributed by atoms with Gasteiger partial charge in [0.1, 0.15) is 5.01 Å². The first-order valence-electron chi connectivity index (χ1n) is 4.95. The number of rotatable bonds is 2. The van der Waals surface area contributed by atoms with Crippen LogP contribution >= 0.6 is 22.9 Å². The molecule has 0 aliphatic carbocycles. The summed E-state index contributed by atoms with van der Waals surface area (Å²) in [5, 5.41) is 13.9. The number of nitrogens with two attached hydrogens (primary N) is 1. The molecule has 17 heavy (non-hydrogen) atoms. The lowest BCUT2D eigenvalue weighted by Crippen LogP contribution is -1.98. The zero-order chi connectivity index (χ0) is 11.8. The van der Waals surface area contributed by atoms with Gasteiger partial charge in [-0.15, -0.1) is 10.2 Å². The Hall–Kier alpha value is -1.50. The Kier molecular flexibility index (Phi) is 2.54. The minimum atomic E-state index is 0.399. The molecule has 0 atom stereocenters. The first-order valence-corrected chi connectivity index (χ1v) is 6.15. The van der Waals surface area contributed by atoms with Crippen LogP contribution in [0.4, 0.5) is 0 Å². The zero-order valence-corrected chi connectivity index (χ0v) is 10.2. The fourth-order valence-corrected chi connectivity index (χ4v) is 2.48. The van der Waals surface area contributed by atoms with Crippen molar-refractivity contribution < 1.29 is 0 Å². The molecule has 0 radical (unpaired) electrons. The summed E-state index contributed by atoms with van der Waals surface area (Å²) in [4.78, 5) is 0.723. The van der Waals surface area contributed by atoms with Gasteiger partial charge < -0.3 is 5.73 Å². The fourth-order valence-electron chi connectivity index (χ4n) is 1.55. The number of fused-ring (bicyclic) bond motifs is 1. The molecule has 3 aromatic rings. The van der Waals surface area contributed by atoms with Crippen molar-refractivity contribution in [1.82, 2.24) is 19.8 Å². The highest BCUT2D eigenvalue weighted by Gasteiger charge is 2.14. The van der Waals surface area contributed by atoms with E-state index in [-0.39, 0.29) is 0 Å². The van der Waals surface area contributed by atoms with Crippen LogP contribution in [0.3, 0.4) is 0 Å². The van der Waals surface area contributed by atoms with E-state index in [0.29, 0.717) is 17.4 Å². The SMILES string of the molecule is NCc1nn2c(-c3ccccc3Cl)nnc2s1. The smallest absolute Gasteiger partial charge is 0.235 e. The maximum atomic E-state index is 6.13. The van der Waals surface area contributed by atoms with Crippen LogP contribution in [0, 0.1) is 0 Å². The predicted octanol–water partition coefficient (Wildman–Crippen LogP) is 1.96. The van der Waals surface area contributed by atoms with Gasteiger partial charge in [-0.05, 0) is 12.1 Å². The molecular formula is C10H8ClN5S. The van der Waals surface area contributed by atoms with Crippen molar-refractivity contribution in [3.05, 3.63) is 34.3 Å². The maximum absolute atomic E-state index is 6.13. The molecule has 0 saturated carbocycles. The number of benzene rings is 1. The van der Waals surface area contributed by atoms with Gasteiger partial charge in [0, 0.05) is 12.1 Å². The second-order valence-electron chi connectivity index (χ2n) is 3.40. The maximum Gasteiger partial charge on any atom is 0.235 e. The lowest BCUT2D eigenvalue weighted by Gasteiger charge is -1.99. The van der Waals surface area contributed by atoms with Crippen molar-refractivity contribution in [3.63, 3.8) is 0 Å². The Labute approximate surface area is 106 Å². The van der Waals surface area contributed by atoms with Gasteiger partial charge >= 0.3 is 0 Å². The minimum absolute atomic E-state index is 0.399. The molecule has 7 heteroatoms. The molecule has 0 unspecified atom stereocenters. The lowest BCUT2D eigenvalue weighted by molar-refractivity contribution is 0.894. The van der Waals surface area contributed by atoms with Crippen molar-refractivity contribution >= 4 is 27.9 Å². The Bertz CT molecular complexity index is 674. The van der Waals surface area contributed by atoms with E-state index >= 15 is 0 Å². The van der Waals surface area contributed by atoms with Gasteiger partial charge in [-0.25, -0.2) is 0 Å². The van der Waals surface area contributed by atoms with Gasteiger partial charge in [0.2, 0.25) is 4.96 Å². The van der Waals surface area contributed by atoms with E-state index in [9.17, 15) is 0 Å². The highest BCUT2D eigenvalue weighted by Crippen LogP contribution is 2.27. The van der Waals surface area contributed by atoms with Gasteiger partial charge in [-0.2, -0.15) is 9.61 Å². The molecule has 86 valence electrons. The van der Waals surface area contributed by atoms with Crippen molar-refractivity contribution in [2.45, 2.75) is 6.54 Å². The van der Waals surface area contributed by atoms with E-state index in [1.165, 1.54) is 11.3 Å². The van der Waals surface area contributed by atoms with Gasteiger partial charge in [0.25, 0.3) is 0 Å². The van der Waals surface area contributed by atoms with Gasteiger partial charge in [-0.3, -0.25) is 0 Å². The monoisotopic (exact) mass is 265 g/mol. The third-order valence-corrected chi connectivity index (χ3v) is 3.57. The second-order valence-corrected chi connectivity index (χ2v) is 4.85. The summed E-state index contributed by atoms with van der Waals surface area (Å²) in [7, 11) is 0. The summed E-state index contributed by atoms with van der Waals surface area (Å²) in [6, 6.07) is 7.48. The van der Waals surface area contributed by atoms with Crippen LogP contribution in [0.1, 0.15) is 5.01 Å². The average Bonchev–Trinajstić information content (AvgIpc) is 2.89. The molecule has 3 rings (SSSR count). The van der Waals surface area contributed by atoms with E-state index in [4.69, 9.17) is 17.3 Å². The zero-order valence-electron chi connectivity index (χ0n) is 8.67. The Balaban J connectivity index is 2.23. The molecule has 2 aromatic heterocycles. The Morgan fingerprint density at radius 3 is 2.88 bits per heavy atom. The molecule has 0 amide bonds. The van der Waals surface area contributed by atoms with E-state index in [1.54, 1.807) is 4.52 Å². The predicted molar refractivity (Wildman–Crippen MR) is 67.0 cm³/mol. The Morgan fingerprint density at radius 1 is 1.29 bits per heavy atom. The quantitative estimate of drug-likeness (QED) is 0.769. The molecule has 2 heterocycles. The van der Waals surface area contributed by atoms with Crippen LogP contribution in [0.2, 0.25) is 5.02 Å². The van der Waals surface area contributed by atoms with Crippen molar-refractivity contribution in [2.75, 3.05) is 0 Å². The minimum Gasteiger partial charge on any atom is -0.324 e. The van der Waals surface area contributed by atoms with E-state index in [0.717, 1.165) is 15.5 Å². The number of halogens is 1. The van der Waals surface area contributed by atoms with Crippen LogP contribution in [0.25, 0.3) is 16.3 Å². The molecule has 0 spiro atoms. The summed E-state index contributed by atoms with van der Waals surface area (Å²) in [5.41, 5.74) is 6.37. The van der Waals surface area contributed by atoms with Gasteiger partial charge in [-0.1, -0.05) is 35.1 Å². The number of hydrogen-bond acceptors (Lipinski definition) is 5. The largest absolute Gasteiger partial charge is 0.324 e. The highest BCUT2D eigenvalue weighted by atomic mass is 35.5. The first kappa shape index (κ1) is 10.6. The second kappa shape index (κ2) is 4.06. The summed E-state index contributed by atoms with van der Waals surface area (Å²) in [5.74, 6) is 0.640. The fraction of sp³-hybridized carbons (Fsp3) is 0.100. The molecule has 2 N–H and O–H groups in total. The van der Waals surface area contributed by atoms with Crippen LogP contribution in [-0.4, -0.2) is 19.8 Å². The molecule has 5 nitrogen and oxygen atoms in total. The van der Waals surface area contributed by atoms with Crippen LogP contribution in [0.5, 0.6) is 0 Å². The van der Waals surface area contributed by atoms with E-state index < -0.39 is 0 Å². The molecule has 1 aromatic carbocycles. The average molecular weight is 266 g/mol. The molecule has 0 aliphatic rings. The number of nitrogens with zero attached hydrogens (tertiary/aromatic N) is 4. The van der Waals surface area contributed by atoms with Crippen molar-refractivity contribution in [2.24, 2.45) is 5.73 Å². The van der Waals surface area contributed by atoms with Crippen LogP contribution in [0.15, 0.2) is 24.3 Å². The highest BCUT2D eigenvalue weighted by molar-refractivity contribution is 7.16. The van der Waals surface area contributed by atoms with Gasteiger partial charge in [0.05, 0.1) is 5.02 Å². The number of hydrogen-bond donors (Lipinski definition) is 1. The topological polar surface area (TPSA) is 69.1 Å². The third kappa shape index (κ3) is 1.70. The third-order valence-electron chi connectivity index (χ3n) is 2.32. The normalized spacial score (nSPS) is 11.2. The van der Waals surface area contributed by atoms with Crippen LogP contribution in [-0.2, 0) is 6.54 Å². The standard InChI is InChI=1S/C10H8ClN5S/c11-7-4-2-1-3-6(7)9-13-14-10-16(9)15-8(5-12)17-10/h1-4H,5,12H2. The molecular weight excluding hydrogens is 258 g/mol.